The van der Waals surface area contributed by atoms with Gasteiger partial charge in [-0.05, 0) is 62.3 Å². The summed E-state index contributed by atoms with van der Waals surface area (Å²) in [5, 5.41) is 11.5. The summed E-state index contributed by atoms with van der Waals surface area (Å²) in [5.74, 6) is -1.48. The highest BCUT2D eigenvalue weighted by Gasteiger charge is 2.36. The van der Waals surface area contributed by atoms with E-state index in [9.17, 15) is 27.2 Å². The van der Waals surface area contributed by atoms with Crippen molar-refractivity contribution >= 4 is 17.6 Å². The van der Waals surface area contributed by atoms with Crippen LogP contribution in [0.5, 0.6) is 11.5 Å². The first kappa shape index (κ1) is 33.7. The molecule has 0 aliphatic carbocycles. The molecule has 2 aliphatic rings. The third kappa shape index (κ3) is 8.70. The number of rotatable bonds is 9. The zero-order valence-electron chi connectivity index (χ0n) is 25.0. The van der Waals surface area contributed by atoms with Gasteiger partial charge in [-0.1, -0.05) is 6.07 Å². The standard InChI is InChI=1S/C23H27F2N3O3.C9H9F2NO2/c1-31-17-12-18(24)23(19(25)13-17)16-11-22(30)28(14-16)21-4-2-3-20(26-21)15-5-7-27(8-6-15)9-10-29;1-12-8(13)6-2-4-7(5-3-6)14-9(10)11/h2-4,12-13,15-16,29H,5-11,14H2,1H3;2-5,9H,1H3,(H,12,13). The number of nitrogens with zero attached hydrogens (tertiary/aromatic N) is 3. The van der Waals surface area contributed by atoms with Crippen LogP contribution in [0.2, 0.25) is 0 Å². The third-order valence-corrected chi connectivity index (χ3v) is 7.84. The van der Waals surface area contributed by atoms with Gasteiger partial charge in [0.15, 0.2) is 0 Å². The van der Waals surface area contributed by atoms with Gasteiger partial charge in [-0.25, -0.2) is 13.8 Å². The van der Waals surface area contributed by atoms with E-state index in [1.165, 1.54) is 43.3 Å². The molecule has 2 aromatic carbocycles. The molecule has 0 spiro atoms. The number of aromatic nitrogens is 1. The number of pyridine rings is 1. The lowest BCUT2D eigenvalue weighted by Gasteiger charge is -2.31. The first-order valence-corrected chi connectivity index (χ1v) is 14.5. The Morgan fingerprint density at radius 2 is 1.71 bits per heavy atom. The first-order chi connectivity index (χ1) is 21.6. The molecule has 2 saturated heterocycles. The van der Waals surface area contributed by atoms with E-state index in [-0.39, 0.29) is 48.4 Å². The molecule has 5 rings (SSSR count). The van der Waals surface area contributed by atoms with E-state index in [1.54, 1.807) is 6.07 Å². The van der Waals surface area contributed by atoms with Crippen LogP contribution in [0.25, 0.3) is 0 Å². The quantitative estimate of drug-likeness (QED) is 0.330. The Morgan fingerprint density at radius 1 is 1.04 bits per heavy atom. The van der Waals surface area contributed by atoms with Gasteiger partial charge in [0.2, 0.25) is 5.91 Å². The molecule has 1 unspecified atom stereocenters. The number of nitrogens with one attached hydrogen (secondary N) is 1. The molecule has 13 heteroatoms. The Labute approximate surface area is 258 Å². The molecular formula is C32H36F4N4O5. The van der Waals surface area contributed by atoms with Crippen molar-refractivity contribution in [2.45, 2.75) is 37.7 Å². The van der Waals surface area contributed by atoms with Gasteiger partial charge >= 0.3 is 6.61 Å². The van der Waals surface area contributed by atoms with Crippen molar-refractivity contribution in [2.75, 3.05) is 51.8 Å². The lowest BCUT2D eigenvalue weighted by atomic mass is 9.93. The SMILES string of the molecule is CNC(=O)c1ccc(OC(F)F)cc1.COc1cc(F)c(C2CC(=O)N(c3cccc(C4CCN(CCO)CC4)n3)C2)c(F)c1. The highest BCUT2D eigenvalue weighted by Crippen LogP contribution is 2.36. The van der Waals surface area contributed by atoms with E-state index in [2.05, 4.69) is 15.0 Å². The zero-order chi connectivity index (χ0) is 32.5. The molecule has 0 bridgehead atoms. The van der Waals surface area contributed by atoms with Crippen molar-refractivity contribution in [3.8, 4) is 11.5 Å². The number of methoxy groups -OCH3 is 1. The highest BCUT2D eigenvalue weighted by molar-refractivity contribution is 5.95. The van der Waals surface area contributed by atoms with E-state index >= 15 is 0 Å². The van der Waals surface area contributed by atoms with Crippen LogP contribution in [-0.2, 0) is 4.79 Å². The minimum Gasteiger partial charge on any atom is -0.497 e. The molecule has 0 radical (unpaired) electrons. The van der Waals surface area contributed by atoms with Gasteiger partial charge in [0.1, 0.15) is 29.0 Å². The average Bonchev–Trinajstić information content (AvgIpc) is 3.42. The van der Waals surface area contributed by atoms with Crippen LogP contribution in [0, 0.1) is 11.6 Å². The normalized spacial score (nSPS) is 17.2. The van der Waals surface area contributed by atoms with Gasteiger partial charge in [-0.2, -0.15) is 8.78 Å². The van der Waals surface area contributed by atoms with Crippen LogP contribution in [-0.4, -0.2) is 80.4 Å². The number of carbonyl (C=O) groups excluding carboxylic acids is 2. The second kappa shape index (κ2) is 15.7. The van der Waals surface area contributed by atoms with Crippen molar-refractivity contribution in [1.29, 1.82) is 0 Å². The highest BCUT2D eigenvalue weighted by atomic mass is 19.3. The second-order valence-corrected chi connectivity index (χ2v) is 10.7. The van der Waals surface area contributed by atoms with Gasteiger partial charge in [0.25, 0.3) is 5.91 Å². The van der Waals surface area contributed by atoms with Crippen LogP contribution in [0.4, 0.5) is 23.4 Å². The molecule has 9 nitrogen and oxygen atoms in total. The fraction of sp³-hybridized carbons (Fsp3) is 0.406. The Morgan fingerprint density at radius 3 is 2.29 bits per heavy atom. The number of alkyl halides is 2. The molecule has 2 N–H and O–H groups in total. The summed E-state index contributed by atoms with van der Waals surface area (Å²) in [7, 11) is 2.84. The zero-order valence-corrected chi connectivity index (χ0v) is 25.0. The number of likely N-dealkylation sites (tertiary alicyclic amines) is 1. The van der Waals surface area contributed by atoms with E-state index in [0.29, 0.717) is 23.8 Å². The number of piperidine rings is 1. The Balaban J connectivity index is 0.000000276. The summed E-state index contributed by atoms with van der Waals surface area (Å²) in [6, 6.07) is 13.4. The maximum atomic E-state index is 14.5. The fourth-order valence-electron chi connectivity index (χ4n) is 5.53. The van der Waals surface area contributed by atoms with Gasteiger partial charge in [0.05, 0.1) is 13.7 Å². The number of carbonyl (C=O) groups is 2. The fourth-order valence-corrected chi connectivity index (χ4v) is 5.53. The number of benzene rings is 2. The lowest BCUT2D eigenvalue weighted by Crippen LogP contribution is -2.35. The predicted molar refractivity (Wildman–Crippen MR) is 159 cm³/mol. The molecule has 2 fully saturated rings. The molecule has 2 aliphatic heterocycles. The maximum absolute atomic E-state index is 14.5. The summed E-state index contributed by atoms with van der Waals surface area (Å²) in [5.41, 5.74) is 1.25. The smallest absolute Gasteiger partial charge is 0.387 e. The number of halogens is 4. The third-order valence-electron chi connectivity index (χ3n) is 7.84. The predicted octanol–water partition coefficient (Wildman–Crippen LogP) is 4.71. The van der Waals surface area contributed by atoms with Crippen LogP contribution in [0.3, 0.4) is 0 Å². The van der Waals surface area contributed by atoms with Crippen molar-refractivity contribution < 1.29 is 41.7 Å². The Hall–Kier alpha value is -4.23. The molecule has 3 aromatic rings. The van der Waals surface area contributed by atoms with E-state index < -0.39 is 24.2 Å². The van der Waals surface area contributed by atoms with Gasteiger partial charge < -0.3 is 24.8 Å². The Bertz CT molecular complexity index is 1430. The molecule has 45 heavy (non-hydrogen) atoms. The number of hydrogen-bond acceptors (Lipinski definition) is 7. The number of amides is 2. The topological polar surface area (TPSA) is 104 Å². The monoisotopic (exact) mass is 632 g/mol. The van der Waals surface area contributed by atoms with Crippen molar-refractivity contribution in [3.63, 3.8) is 0 Å². The number of anilines is 1. The lowest BCUT2D eigenvalue weighted by molar-refractivity contribution is -0.117. The van der Waals surface area contributed by atoms with Crippen molar-refractivity contribution in [3.05, 3.63) is 83.1 Å². The number of aliphatic hydroxyl groups is 1. The van der Waals surface area contributed by atoms with Crippen molar-refractivity contribution in [1.82, 2.24) is 15.2 Å². The minimum atomic E-state index is -2.85. The molecule has 1 atom stereocenters. The number of β-amino-alcohol motifs (C(OH)–C–C–N with tert-alkyl or cyclic N) is 1. The molecule has 0 saturated carbocycles. The number of aliphatic hydroxyl groups excluding tert-OH is 1. The molecule has 3 heterocycles. The summed E-state index contributed by atoms with van der Waals surface area (Å²) in [4.78, 5) is 32.2. The largest absolute Gasteiger partial charge is 0.497 e. The summed E-state index contributed by atoms with van der Waals surface area (Å²) >= 11 is 0. The van der Waals surface area contributed by atoms with E-state index in [1.807, 2.05) is 12.1 Å². The van der Waals surface area contributed by atoms with E-state index in [0.717, 1.165) is 43.8 Å². The summed E-state index contributed by atoms with van der Waals surface area (Å²) < 4.78 is 61.5. The van der Waals surface area contributed by atoms with Crippen LogP contribution < -0.4 is 19.7 Å². The van der Waals surface area contributed by atoms with Crippen molar-refractivity contribution in [2.24, 2.45) is 0 Å². The average molecular weight is 633 g/mol. The van der Waals surface area contributed by atoms with Crippen LogP contribution >= 0.6 is 0 Å². The molecule has 2 amide bonds. The van der Waals surface area contributed by atoms with E-state index in [4.69, 9.17) is 14.8 Å². The maximum Gasteiger partial charge on any atom is 0.387 e. The summed E-state index contributed by atoms with van der Waals surface area (Å²) in [6.45, 7) is -0.0185. The van der Waals surface area contributed by atoms with Gasteiger partial charge in [-0.15, -0.1) is 0 Å². The number of hydrogen-bond donors (Lipinski definition) is 2. The second-order valence-electron chi connectivity index (χ2n) is 10.7. The molecule has 242 valence electrons. The first-order valence-electron chi connectivity index (χ1n) is 14.5. The molecule has 1 aromatic heterocycles. The van der Waals surface area contributed by atoms with Crippen LogP contribution in [0.15, 0.2) is 54.6 Å². The Kier molecular flexibility index (Phi) is 11.7. The minimum absolute atomic E-state index is 0.0334. The van der Waals surface area contributed by atoms with Gasteiger partial charge in [0, 0.05) is 67.3 Å². The summed E-state index contributed by atoms with van der Waals surface area (Å²) in [6.07, 6.45) is 1.91. The van der Waals surface area contributed by atoms with Gasteiger partial charge in [-0.3, -0.25) is 14.5 Å². The molecular weight excluding hydrogens is 596 g/mol. The van der Waals surface area contributed by atoms with Crippen LogP contribution in [0.1, 0.15) is 52.7 Å². The number of ether oxygens (including phenoxy) is 2.